The minimum atomic E-state index is 0.146. The van der Waals surface area contributed by atoms with Crippen molar-refractivity contribution in [1.29, 1.82) is 0 Å². The third-order valence-corrected chi connectivity index (χ3v) is 4.21. The highest BCUT2D eigenvalue weighted by molar-refractivity contribution is 5.79. The number of hydrogen-bond donors (Lipinski definition) is 1. The summed E-state index contributed by atoms with van der Waals surface area (Å²) >= 11 is 0. The molecule has 100 valence electrons. The van der Waals surface area contributed by atoms with Gasteiger partial charge in [-0.25, -0.2) is 0 Å². The van der Waals surface area contributed by atoms with E-state index in [4.69, 9.17) is 5.73 Å². The van der Waals surface area contributed by atoms with Gasteiger partial charge in [-0.05, 0) is 31.1 Å². The highest BCUT2D eigenvalue weighted by Gasteiger charge is 2.33. The number of amides is 1. The van der Waals surface area contributed by atoms with Crippen LogP contribution in [-0.4, -0.2) is 30.4 Å². The number of carbonyl (C=O) groups is 1. The highest BCUT2D eigenvalue weighted by atomic mass is 16.2. The van der Waals surface area contributed by atoms with Crippen LogP contribution in [0.15, 0.2) is 0 Å². The number of carbonyl (C=O) groups excluding carboxylic acids is 1. The molecule has 0 spiro atoms. The molecule has 0 aromatic rings. The lowest BCUT2D eigenvalue weighted by Gasteiger charge is -2.34. The maximum atomic E-state index is 12.4. The Kier molecular flexibility index (Phi) is 5.44. The van der Waals surface area contributed by atoms with Crippen molar-refractivity contribution in [1.82, 2.24) is 4.90 Å². The molecular weight excluding hydrogens is 212 g/mol. The molecule has 1 rings (SSSR count). The Morgan fingerprint density at radius 3 is 2.71 bits per heavy atom. The molecule has 1 fully saturated rings. The van der Waals surface area contributed by atoms with E-state index in [0.29, 0.717) is 17.7 Å². The molecule has 1 amide bonds. The molecule has 17 heavy (non-hydrogen) atoms. The Balaban J connectivity index is 2.55. The van der Waals surface area contributed by atoms with Crippen molar-refractivity contribution < 1.29 is 4.79 Å². The average Bonchev–Trinajstić information content (AvgIpc) is 2.31. The van der Waals surface area contributed by atoms with Gasteiger partial charge in [-0.1, -0.05) is 27.2 Å². The lowest BCUT2D eigenvalue weighted by Crippen LogP contribution is -2.43. The van der Waals surface area contributed by atoms with Gasteiger partial charge in [0, 0.05) is 25.6 Å². The summed E-state index contributed by atoms with van der Waals surface area (Å²) in [6, 6.07) is 0.220. The van der Waals surface area contributed by atoms with Crippen molar-refractivity contribution in [3.05, 3.63) is 0 Å². The first kappa shape index (κ1) is 14.5. The second-order valence-electron chi connectivity index (χ2n) is 5.89. The molecule has 4 atom stereocenters. The Morgan fingerprint density at radius 1 is 1.47 bits per heavy atom. The monoisotopic (exact) mass is 240 g/mol. The molecule has 0 radical (unpaired) electrons. The van der Waals surface area contributed by atoms with Crippen LogP contribution in [-0.2, 0) is 4.79 Å². The van der Waals surface area contributed by atoms with E-state index in [-0.39, 0.29) is 12.0 Å². The van der Waals surface area contributed by atoms with Crippen molar-refractivity contribution in [2.24, 2.45) is 23.5 Å². The highest BCUT2D eigenvalue weighted by Crippen LogP contribution is 2.30. The molecule has 3 heteroatoms. The molecule has 4 unspecified atom stereocenters. The van der Waals surface area contributed by atoms with E-state index in [1.54, 1.807) is 0 Å². The van der Waals surface area contributed by atoms with Crippen LogP contribution >= 0.6 is 0 Å². The smallest absolute Gasteiger partial charge is 0.225 e. The van der Waals surface area contributed by atoms with Crippen LogP contribution in [0.4, 0.5) is 0 Å². The molecule has 0 saturated heterocycles. The number of hydrogen-bond acceptors (Lipinski definition) is 2. The zero-order valence-electron chi connectivity index (χ0n) is 11.8. The molecule has 1 aliphatic carbocycles. The molecule has 3 nitrogen and oxygen atoms in total. The molecule has 2 N–H and O–H groups in total. The van der Waals surface area contributed by atoms with Crippen molar-refractivity contribution in [2.75, 3.05) is 13.6 Å². The summed E-state index contributed by atoms with van der Waals surface area (Å²) in [5, 5.41) is 0. The van der Waals surface area contributed by atoms with E-state index >= 15 is 0 Å². The molecule has 0 bridgehead atoms. The standard InChI is InChI=1S/C14H28N2O/c1-5-10(2)9-16(4)14(17)13-8-12(15)7-6-11(13)3/h10-13H,5-9,15H2,1-4H3. The lowest BCUT2D eigenvalue weighted by molar-refractivity contribution is -0.137. The second kappa shape index (κ2) is 6.39. The molecule has 0 heterocycles. The van der Waals surface area contributed by atoms with Gasteiger partial charge in [0.05, 0.1) is 0 Å². The van der Waals surface area contributed by atoms with Gasteiger partial charge < -0.3 is 10.6 Å². The fourth-order valence-electron chi connectivity index (χ4n) is 2.67. The van der Waals surface area contributed by atoms with Gasteiger partial charge in [-0.2, -0.15) is 0 Å². The van der Waals surface area contributed by atoms with E-state index in [9.17, 15) is 4.79 Å². The predicted molar refractivity (Wildman–Crippen MR) is 71.6 cm³/mol. The summed E-state index contributed by atoms with van der Waals surface area (Å²) in [6.07, 6.45) is 4.15. The molecule has 0 aromatic carbocycles. The average molecular weight is 240 g/mol. The topological polar surface area (TPSA) is 46.3 Å². The summed E-state index contributed by atoms with van der Waals surface area (Å²) in [7, 11) is 1.93. The zero-order chi connectivity index (χ0) is 13.0. The van der Waals surface area contributed by atoms with Crippen LogP contribution in [0.25, 0.3) is 0 Å². The third-order valence-electron chi connectivity index (χ3n) is 4.21. The van der Waals surface area contributed by atoms with Crippen LogP contribution in [0, 0.1) is 17.8 Å². The Hall–Kier alpha value is -0.570. The Labute approximate surface area is 106 Å². The van der Waals surface area contributed by atoms with Crippen molar-refractivity contribution in [3.63, 3.8) is 0 Å². The summed E-state index contributed by atoms with van der Waals surface area (Å²) in [4.78, 5) is 14.3. The van der Waals surface area contributed by atoms with Crippen LogP contribution in [0.5, 0.6) is 0 Å². The summed E-state index contributed by atoms with van der Waals surface area (Å²) in [5.41, 5.74) is 5.98. The van der Waals surface area contributed by atoms with Gasteiger partial charge in [-0.3, -0.25) is 4.79 Å². The van der Waals surface area contributed by atoms with Crippen LogP contribution in [0.2, 0.25) is 0 Å². The van der Waals surface area contributed by atoms with Gasteiger partial charge >= 0.3 is 0 Å². The van der Waals surface area contributed by atoms with E-state index in [0.717, 1.165) is 32.2 Å². The minimum absolute atomic E-state index is 0.146. The van der Waals surface area contributed by atoms with Gasteiger partial charge in [0.15, 0.2) is 0 Å². The second-order valence-corrected chi connectivity index (χ2v) is 5.89. The maximum absolute atomic E-state index is 12.4. The van der Waals surface area contributed by atoms with Crippen LogP contribution in [0.3, 0.4) is 0 Å². The Bertz CT molecular complexity index is 255. The SMILES string of the molecule is CCC(C)CN(C)C(=O)C1CC(N)CCC1C. The summed E-state index contributed by atoms with van der Waals surface area (Å²) < 4.78 is 0. The van der Waals surface area contributed by atoms with Gasteiger partial charge in [0.1, 0.15) is 0 Å². The molecular formula is C14H28N2O. The fourth-order valence-corrected chi connectivity index (χ4v) is 2.67. The lowest BCUT2D eigenvalue weighted by atomic mass is 9.77. The molecule has 1 aliphatic rings. The minimum Gasteiger partial charge on any atom is -0.345 e. The summed E-state index contributed by atoms with van der Waals surface area (Å²) in [5.74, 6) is 1.51. The summed E-state index contributed by atoms with van der Waals surface area (Å²) in [6.45, 7) is 7.42. The molecule has 0 aromatic heterocycles. The van der Waals surface area contributed by atoms with Crippen molar-refractivity contribution in [2.45, 2.75) is 52.5 Å². The van der Waals surface area contributed by atoms with E-state index < -0.39 is 0 Å². The fraction of sp³-hybridized carbons (Fsp3) is 0.929. The van der Waals surface area contributed by atoms with Gasteiger partial charge in [0.25, 0.3) is 0 Å². The predicted octanol–water partition coefficient (Wildman–Crippen LogP) is 2.25. The number of rotatable bonds is 4. The van der Waals surface area contributed by atoms with E-state index in [2.05, 4.69) is 20.8 Å². The van der Waals surface area contributed by atoms with Crippen LogP contribution in [0.1, 0.15) is 46.5 Å². The van der Waals surface area contributed by atoms with Gasteiger partial charge in [-0.15, -0.1) is 0 Å². The van der Waals surface area contributed by atoms with Crippen molar-refractivity contribution >= 4 is 5.91 Å². The maximum Gasteiger partial charge on any atom is 0.225 e. The molecule has 0 aliphatic heterocycles. The Morgan fingerprint density at radius 2 is 2.12 bits per heavy atom. The largest absolute Gasteiger partial charge is 0.345 e. The first-order valence-corrected chi connectivity index (χ1v) is 6.96. The first-order chi connectivity index (χ1) is 7.95. The van der Waals surface area contributed by atoms with Crippen LogP contribution < -0.4 is 5.73 Å². The first-order valence-electron chi connectivity index (χ1n) is 6.96. The molecule has 1 saturated carbocycles. The normalized spacial score (nSPS) is 31.0. The van der Waals surface area contributed by atoms with E-state index in [1.165, 1.54) is 0 Å². The zero-order valence-corrected chi connectivity index (χ0v) is 11.8. The third kappa shape index (κ3) is 3.98. The number of nitrogens with zero attached hydrogens (tertiary/aromatic N) is 1. The van der Waals surface area contributed by atoms with Gasteiger partial charge in [0.2, 0.25) is 5.91 Å². The quantitative estimate of drug-likeness (QED) is 0.819. The number of nitrogens with two attached hydrogens (primary N) is 1. The van der Waals surface area contributed by atoms with E-state index in [1.807, 2.05) is 11.9 Å². The van der Waals surface area contributed by atoms with Crippen molar-refractivity contribution in [3.8, 4) is 0 Å².